The van der Waals surface area contributed by atoms with Crippen LogP contribution in [0.3, 0.4) is 0 Å². The number of rotatable bonds is 4. The molecule has 0 N–H and O–H groups in total. The highest BCUT2D eigenvalue weighted by atomic mass is 16.1. The Balaban J connectivity index is 1.50. The first-order chi connectivity index (χ1) is 11.1. The van der Waals surface area contributed by atoms with Crippen LogP contribution < -0.4 is 0 Å². The molecule has 0 aromatic rings. The number of hydrogen-bond donors (Lipinski definition) is 0. The van der Waals surface area contributed by atoms with Crippen molar-refractivity contribution >= 4 is 5.78 Å². The lowest BCUT2D eigenvalue weighted by Gasteiger charge is -2.39. The van der Waals surface area contributed by atoms with Gasteiger partial charge >= 0.3 is 0 Å². The van der Waals surface area contributed by atoms with E-state index >= 15 is 0 Å². The van der Waals surface area contributed by atoms with Crippen molar-refractivity contribution in [2.45, 2.75) is 78.1 Å². The minimum atomic E-state index is 0.352. The lowest BCUT2D eigenvalue weighted by molar-refractivity contribution is -0.129. The Bertz CT molecular complexity index is 377. The molecule has 3 fully saturated rings. The van der Waals surface area contributed by atoms with Crippen LogP contribution in [0.4, 0.5) is 0 Å². The summed E-state index contributed by atoms with van der Waals surface area (Å²) in [5, 5.41) is 0. The maximum Gasteiger partial charge on any atom is 0.140 e. The number of carbonyl (C=O) groups is 1. The summed E-state index contributed by atoms with van der Waals surface area (Å²) in [4.78, 5) is 15.5. The Morgan fingerprint density at radius 2 is 1.52 bits per heavy atom. The minimum Gasteiger partial charge on any atom is -0.302 e. The van der Waals surface area contributed by atoms with Crippen LogP contribution in [0.2, 0.25) is 0 Å². The van der Waals surface area contributed by atoms with Gasteiger partial charge < -0.3 is 4.90 Å². The molecule has 0 aromatic carbocycles. The first-order valence-electron chi connectivity index (χ1n) is 10.4. The SMILES string of the molecule is CC1CC(C)CC(CN2CCCC(C(=O)C3CCCCC3)C2)C1. The highest BCUT2D eigenvalue weighted by molar-refractivity contribution is 5.83. The lowest BCUT2D eigenvalue weighted by atomic mass is 9.76. The molecule has 3 aliphatic rings. The predicted molar refractivity (Wildman–Crippen MR) is 96.4 cm³/mol. The van der Waals surface area contributed by atoms with Gasteiger partial charge in [-0.3, -0.25) is 4.79 Å². The number of carbonyl (C=O) groups excluding carboxylic acids is 1. The zero-order valence-corrected chi connectivity index (χ0v) is 15.4. The van der Waals surface area contributed by atoms with Gasteiger partial charge in [-0.2, -0.15) is 0 Å². The van der Waals surface area contributed by atoms with Crippen molar-refractivity contribution in [1.82, 2.24) is 4.90 Å². The highest BCUT2D eigenvalue weighted by Crippen LogP contribution is 2.35. The van der Waals surface area contributed by atoms with Gasteiger partial charge in [0.1, 0.15) is 5.78 Å². The molecular weight excluding hydrogens is 282 g/mol. The van der Waals surface area contributed by atoms with Crippen LogP contribution in [0.15, 0.2) is 0 Å². The van der Waals surface area contributed by atoms with E-state index in [9.17, 15) is 4.79 Å². The summed E-state index contributed by atoms with van der Waals surface area (Å²) in [5.41, 5.74) is 0. The number of likely N-dealkylation sites (tertiary alicyclic amines) is 1. The molecule has 0 bridgehead atoms. The van der Waals surface area contributed by atoms with Crippen LogP contribution in [0, 0.1) is 29.6 Å². The minimum absolute atomic E-state index is 0.352. The van der Waals surface area contributed by atoms with Gasteiger partial charge in [-0.15, -0.1) is 0 Å². The van der Waals surface area contributed by atoms with Gasteiger partial charge in [-0.25, -0.2) is 0 Å². The molecule has 3 rings (SSSR count). The van der Waals surface area contributed by atoms with Crippen molar-refractivity contribution in [2.24, 2.45) is 29.6 Å². The highest BCUT2D eigenvalue weighted by Gasteiger charge is 2.33. The second-order valence-electron chi connectivity index (χ2n) is 9.12. The molecule has 2 aliphatic carbocycles. The molecule has 2 heteroatoms. The molecule has 3 atom stereocenters. The van der Waals surface area contributed by atoms with E-state index in [0.717, 1.165) is 30.7 Å². The number of piperidine rings is 1. The molecule has 23 heavy (non-hydrogen) atoms. The van der Waals surface area contributed by atoms with Crippen molar-refractivity contribution in [3.05, 3.63) is 0 Å². The summed E-state index contributed by atoms with van der Waals surface area (Å²) >= 11 is 0. The predicted octanol–water partition coefficient (Wildman–Crippen LogP) is 4.92. The molecule has 0 radical (unpaired) electrons. The van der Waals surface area contributed by atoms with Gasteiger partial charge in [-0.1, -0.05) is 33.1 Å². The first-order valence-corrected chi connectivity index (χ1v) is 10.4. The summed E-state index contributed by atoms with van der Waals surface area (Å²) in [7, 11) is 0. The fraction of sp³-hybridized carbons (Fsp3) is 0.952. The van der Waals surface area contributed by atoms with E-state index in [-0.39, 0.29) is 0 Å². The fourth-order valence-corrected chi connectivity index (χ4v) is 5.80. The maximum atomic E-state index is 12.9. The number of nitrogens with zero attached hydrogens (tertiary/aromatic N) is 1. The molecule has 0 amide bonds. The Morgan fingerprint density at radius 3 is 2.22 bits per heavy atom. The molecule has 0 aromatic heterocycles. The smallest absolute Gasteiger partial charge is 0.140 e. The standard InChI is InChI=1S/C21H37NO/c1-16-11-17(2)13-18(12-16)14-22-10-6-9-20(15-22)21(23)19-7-4-3-5-8-19/h16-20H,3-15H2,1-2H3. The second kappa shape index (κ2) is 8.14. The van der Waals surface area contributed by atoms with E-state index < -0.39 is 0 Å². The first kappa shape index (κ1) is 17.5. The summed E-state index contributed by atoms with van der Waals surface area (Å²) in [6.45, 7) is 8.40. The maximum absolute atomic E-state index is 12.9. The van der Waals surface area contributed by atoms with Crippen molar-refractivity contribution in [3.8, 4) is 0 Å². The Morgan fingerprint density at radius 1 is 0.870 bits per heavy atom. The molecule has 1 saturated heterocycles. The zero-order chi connectivity index (χ0) is 16.2. The average molecular weight is 320 g/mol. The van der Waals surface area contributed by atoms with Crippen molar-refractivity contribution in [3.63, 3.8) is 0 Å². The molecule has 1 heterocycles. The molecule has 2 nitrogen and oxygen atoms in total. The van der Waals surface area contributed by atoms with Crippen LogP contribution in [-0.2, 0) is 4.79 Å². The van der Waals surface area contributed by atoms with Gasteiger partial charge in [0.25, 0.3) is 0 Å². The van der Waals surface area contributed by atoms with E-state index in [4.69, 9.17) is 0 Å². The molecule has 132 valence electrons. The fourth-order valence-electron chi connectivity index (χ4n) is 5.80. The van der Waals surface area contributed by atoms with E-state index in [1.807, 2.05) is 0 Å². The normalized spacial score (nSPS) is 37.7. The summed E-state index contributed by atoms with van der Waals surface area (Å²) in [6.07, 6.45) is 12.9. The summed E-state index contributed by atoms with van der Waals surface area (Å²) in [5.74, 6) is 4.05. The van der Waals surface area contributed by atoms with Gasteiger partial charge in [0.05, 0.1) is 0 Å². The number of ketones is 1. The largest absolute Gasteiger partial charge is 0.302 e. The average Bonchev–Trinajstić information content (AvgIpc) is 2.54. The topological polar surface area (TPSA) is 20.3 Å². The number of hydrogen-bond acceptors (Lipinski definition) is 2. The van der Waals surface area contributed by atoms with Gasteiger partial charge in [0.15, 0.2) is 0 Å². The van der Waals surface area contributed by atoms with Crippen LogP contribution in [0.1, 0.15) is 78.1 Å². The summed E-state index contributed by atoms with van der Waals surface area (Å²) < 4.78 is 0. The van der Waals surface area contributed by atoms with Gasteiger partial charge in [0.2, 0.25) is 0 Å². The lowest BCUT2D eigenvalue weighted by Crippen LogP contribution is -2.43. The van der Waals surface area contributed by atoms with Crippen molar-refractivity contribution in [2.75, 3.05) is 19.6 Å². The Hall–Kier alpha value is -0.370. The van der Waals surface area contributed by atoms with E-state index in [1.165, 1.54) is 70.9 Å². The van der Waals surface area contributed by atoms with E-state index in [2.05, 4.69) is 18.7 Å². The Kier molecular flexibility index (Phi) is 6.18. The molecule has 3 unspecified atom stereocenters. The van der Waals surface area contributed by atoms with Gasteiger partial charge in [0, 0.05) is 24.9 Å². The third-order valence-electron chi connectivity index (χ3n) is 6.71. The third-order valence-corrected chi connectivity index (χ3v) is 6.71. The van der Waals surface area contributed by atoms with Crippen LogP contribution >= 0.6 is 0 Å². The van der Waals surface area contributed by atoms with E-state index in [0.29, 0.717) is 17.6 Å². The Labute approximate surface area is 143 Å². The van der Waals surface area contributed by atoms with Crippen LogP contribution in [0.25, 0.3) is 0 Å². The molecule has 1 aliphatic heterocycles. The molecule has 2 saturated carbocycles. The molecule has 0 spiro atoms. The van der Waals surface area contributed by atoms with Crippen molar-refractivity contribution in [1.29, 1.82) is 0 Å². The van der Waals surface area contributed by atoms with Crippen molar-refractivity contribution < 1.29 is 4.79 Å². The molecular formula is C21H37NO. The number of Topliss-reactive ketones (excluding diaryl/α,β-unsaturated/α-hetero) is 1. The van der Waals surface area contributed by atoms with E-state index in [1.54, 1.807) is 0 Å². The zero-order valence-electron chi connectivity index (χ0n) is 15.4. The second-order valence-corrected chi connectivity index (χ2v) is 9.12. The van der Waals surface area contributed by atoms with Crippen LogP contribution in [-0.4, -0.2) is 30.3 Å². The third kappa shape index (κ3) is 4.81. The van der Waals surface area contributed by atoms with Crippen LogP contribution in [0.5, 0.6) is 0 Å². The quantitative estimate of drug-likeness (QED) is 0.733. The summed E-state index contributed by atoms with van der Waals surface area (Å²) in [6, 6.07) is 0. The van der Waals surface area contributed by atoms with Gasteiger partial charge in [-0.05, 0) is 69.2 Å². The monoisotopic (exact) mass is 319 g/mol.